The van der Waals surface area contributed by atoms with Crippen LogP contribution in [0.1, 0.15) is 19.4 Å². The number of hydrogen-bond acceptors (Lipinski definition) is 1. The average molecular weight is 239 g/mol. The lowest BCUT2D eigenvalue weighted by Gasteiger charge is -2.27. The zero-order valence-electron chi connectivity index (χ0n) is 11.8. The molecule has 1 nitrogen and oxygen atoms in total. The van der Waals surface area contributed by atoms with Crippen molar-refractivity contribution in [2.24, 2.45) is 0 Å². The first-order chi connectivity index (χ1) is 9.20. The van der Waals surface area contributed by atoms with Gasteiger partial charge in [-0.3, -0.25) is 0 Å². The van der Waals surface area contributed by atoms with Crippen molar-refractivity contribution in [3.05, 3.63) is 78.4 Å². The highest BCUT2D eigenvalue weighted by molar-refractivity contribution is 5.44. The molecule has 0 unspecified atom stereocenters. The van der Waals surface area contributed by atoms with E-state index in [1.54, 1.807) is 7.11 Å². The number of benzene rings is 2. The van der Waals surface area contributed by atoms with E-state index in [0.29, 0.717) is 0 Å². The van der Waals surface area contributed by atoms with Crippen LogP contribution >= 0.6 is 0 Å². The Bertz CT molecular complexity index is 545. The van der Waals surface area contributed by atoms with Crippen molar-refractivity contribution >= 4 is 0 Å². The van der Waals surface area contributed by atoms with Gasteiger partial charge in [-0.25, -0.2) is 0 Å². The molecule has 92 valence electrons. The van der Waals surface area contributed by atoms with E-state index in [2.05, 4.69) is 19.1 Å². The Kier molecular flexibility index (Phi) is 3.14. The summed E-state index contributed by atoms with van der Waals surface area (Å²) in [5.41, 5.74) is 2.02. The molecule has 0 heterocycles. The molecule has 2 rings (SSSR count). The molecule has 2 aromatic rings. The lowest BCUT2D eigenvalue weighted by molar-refractivity contribution is 0.414. The van der Waals surface area contributed by atoms with E-state index in [0.717, 1.165) is 11.3 Å². The van der Waals surface area contributed by atoms with E-state index >= 15 is 0 Å². The van der Waals surface area contributed by atoms with Crippen LogP contribution in [0.3, 0.4) is 0 Å². The Hall–Kier alpha value is -2.02. The van der Waals surface area contributed by atoms with Crippen molar-refractivity contribution in [1.29, 1.82) is 0 Å². The highest BCUT2D eigenvalue weighted by atomic mass is 16.5. The Morgan fingerprint density at radius 2 is 1.67 bits per heavy atom. The second kappa shape index (κ2) is 5.09. The van der Waals surface area contributed by atoms with Gasteiger partial charge in [-0.05, 0) is 30.2 Å². The van der Waals surface area contributed by atoms with E-state index in [9.17, 15) is 0 Å². The van der Waals surface area contributed by atoms with Crippen LogP contribution in [0.25, 0.3) is 0 Å². The highest BCUT2D eigenvalue weighted by Crippen LogP contribution is 2.33. The van der Waals surface area contributed by atoms with Gasteiger partial charge in [0.1, 0.15) is 5.75 Å². The molecule has 2 aromatic carbocycles. The molecular formula is C17H18O. The predicted molar refractivity (Wildman–Crippen MR) is 76.1 cm³/mol. The number of allylic oxidation sites excluding steroid dienone is 1. The van der Waals surface area contributed by atoms with Gasteiger partial charge in [-0.2, -0.15) is 0 Å². The summed E-state index contributed by atoms with van der Waals surface area (Å²) in [7, 11) is 1.66. The van der Waals surface area contributed by atoms with Gasteiger partial charge in [-0.1, -0.05) is 48.5 Å². The third kappa shape index (κ3) is 2.17. The lowest BCUT2D eigenvalue weighted by atomic mass is 9.76. The first-order valence-corrected chi connectivity index (χ1v) is 5.97. The van der Waals surface area contributed by atoms with Crippen LogP contribution < -0.4 is 4.74 Å². The van der Waals surface area contributed by atoms with Crippen LogP contribution in [-0.4, -0.2) is 7.11 Å². The third-order valence-corrected chi connectivity index (χ3v) is 3.40. The molecule has 0 saturated heterocycles. The summed E-state index contributed by atoms with van der Waals surface area (Å²) < 4.78 is 12.6. The average Bonchev–Trinajstić information content (AvgIpc) is 2.48. The van der Waals surface area contributed by atoms with Crippen LogP contribution in [0.2, 0.25) is 0 Å². The second-order valence-electron chi connectivity index (χ2n) is 4.46. The number of ether oxygens (including phenoxy) is 1. The Morgan fingerprint density at radius 1 is 1.06 bits per heavy atom. The fourth-order valence-corrected chi connectivity index (χ4v) is 2.08. The normalized spacial score (nSPS) is 15.1. The molecule has 0 aliphatic rings. The molecule has 0 aromatic heterocycles. The van der Waals surface area contributed by atoms with E-state index in [4.69, 9.17) is 6.11 Å². The molecule has 0 aliphatic heterocycles. The van der Waals surface area contributed by atoms with Gasteiger partial charge in [0.15, 0.2) is 0 Å². The quantitative estimate of drug-likeness (QED) is 0.727. The standard InChI is InChI=1S/C17H18O/c1-4-17(2,14-8-6-5-7-9-14)15-10-12-16(18-3)13-11-15/h4-13H,1H2,2-3H3/t17-/m0/s1/i1D. The molecular weight excluding hydrogens is 220 g/mol. The smallest absolute Gasteiger partial charge is 0.118 e. The molecule has 0 amide bonds. The van der Waals surface area contributed by atoms with Crippen molar-refractivity contribution in [2.75, 3.05) is 7.11 Å². The number of rotatable bonds is 4. The van der Waals surface area contributed by atoms with Crippen LogP contribution in [0, 0.1) is 0 Å². The zero-order chi connectivity index (χ0) is 13.7. The zero-order valence-corrected chi connectivity index (χ0v) is 10.8. The highest BCUT2D eigenvalue weighted by Gasteiger charge is 2.24. The maximum Gasteiger partial charge on any atom is 0.118 e. The fraction of sp³-hybridized carbons (Fsp3) is 0.176. The monoisotopic (exact) mass is 239 g/mol. The van der Waals surface area contributed by atoms with E-state index in [1.807, 2.05) is 48.5 Å². The van der Waals surface area contributed by atoms with Gasteiger partial charge in [0.05, 0.1) is 8.48 Å². The van der Waals surface area contributed by atoms with Gasteiger partial charge in [0.25, 0.3) is 0 Å². The van der Waals surface area contributed by atoms with Gasteiger partial charge >= 0.3 is 0 Å². The maximum absolute atomic E-state index is 7.43. The van der Waals surface area contributed by atoms with Crippen molar-refractivity contribution in [2.45, 2.75) is 12.3 Å². The van der Waals surface area contributed by atoms with Crippen molar-refractivity contribution in [1.82, 2.24) is 0 Å². The van der Waals surface area contributed by atoms with Crippen molar-refractivity contribution in [3.8, 4) is 5.75 Å². The fourth-order valence-electron chi connectivity index (χ4n) is 2.08. The van der Waals surface area contributed by atoms with Gasteiger partial charge in [0.2, 0.25) is 0 Å². The molecule has 0 N–H and O–H groups in total. The van der Waals surface area contributed by atoms with Crippen LogP contribution in [-0.2, 0) is 5.41 Å². The first-order valence-electron chi connectivity index (χ1n) is 6.54. The van der Waals surface area contributed by atoms with Crippen LogP contribution in [0.4, 0.5) is 0 Å². The van der Waals surface area contributed by atoms with Crippen molar-refractivity contribution in [3.63, 3.8) is 0 Å². The molecule has 0 bridgehead atoms. The van der Waals surface area contributed by atoms with Gasteiger partial charge in [-0.15, -0.1) is 6.55 Å². The Balaban J connectivity index is 2.49. The summed E-state index contributed by atoms with van der Waals surface area (Å²) in [6.07, 6.45) is 1.91. The summed E-state index contributed by atoms with van der Waals surface area (Å²) in [4.78, 5) is 0. The summed E-state index contributed by atoms with van der Waals surface area (Å²) in [6.45, 7) is 3.48. The Morgan fingerprint density at radius 3 is 2.22 bits per heavy atom. The molecule has 1 atom stereocenters. The minimum atomic E-state index is -0.296. The van der Waals surface area contributed by atoms with Gasteiger partial charge in [0, 0.05) is 5.41 Å². The molecule has 0 fully saturated rings. The van der Waals surface area contributed by atoms with E-state index in [1.165, 1.54) is 12.1 Å². The second-order valence-corrected chi connectivity index (χ2v) is 4.46. The lowest BCUT2D eigenvalue weighted by Crippen LogP contribution is -2.20. The number of methoxy groups -OCH3 is 1. The molecule has 0 aliphatic carbocycles. The van der Waals surface area contributed by atoms with Crippen LogP contribution in [0.15, 0.2) is 67.2 Å². The third-order valence-electron chi connectivity index (χ3n) is 3.40. The van der Waals surface area contributed by atoms with Gasteiger partial charge < -0.3 is 4.74 Å². The SMILES string of the molecule is [2H]C=C[C@@](C)(c1ccccc1)c1ccc(OC)cc1. The summed E-state index contributed by atoms with van der Waals surface area (Å²) in [5.74, 6) is 0.842. The Labute approximate surface area is 110 Å². The predicted octanol–water partition coefficient (Wildman–Crippen LogP) is 4.19. The maximum atomic E-state index is 7.43. The largest absolute Gasteiger partial charge is 0.497 e. The molecule has 0 radical (unpaired) electrons. The molecule has 18 heavy (non-hydrogen) atoms. The summed E-state index contributed by atoms with van der Waals surface area (Å²) >= 11 is 0. The minimum absolute atomic E-state index is 0.296. The topological polar surface area (TPSA) is 9.23 Å². The summed E-state index contributed by atoms with van der Waals surface area (Å²) in [6, 6.07) is 18.2. The molecule has 0 spiro atoms. The summed E-state index contributed by atoms with van der Waals surface area (Å²) in [5, 5.41) is 0. The molecule has 1 heteroatoms. The van der Waals surface area contributed by atoms with Crippen LogP contribution in [0.5, 0.6) is 5.75 Å². The van der Waals surface area contributed by atoms with E-state index < -0.39 is 0 Å². The minimum Gasteiger partial charge on any atom is -0.497 e. The van der Waals surface area contributed by atoms with E-state index in [-0.39, 0.29) is 5.41 Å². The molecule has 0 saturated carbocycles. The van der Waals surface area contributed by atoms with Crippen molar-refractivity contribution < 1.29 is 6.11 Å². The number of hydrogen-bond donors (Lipinski definition) is 0. The first kappa shape index (κ1) is 11.1.